The number of carbonyl (C=O) groups is 1. The van der Waals surface area contributed by atoms with E-state index in [9.17, 15) is 9.90 Å². The number of carboxylic acids is 1. The van der Waals surface area contributed by atoms with Crippen molar-refractivity contribution in [3.05, 3.63) is 0 Å². The lowest BCUT2D eigenvalue weighted by molar-refractivity contribution is -0.152. The Bertz CT molecular complexity index is 330. The first-order chi connectivity index (χ1) is 8.79. The van der Waals surface area contributed by atoms with E-state index in [-0.39, 0.29) is 22.2 Å². The number of aliphatic carboxylic acids is 1. The second kappa shape index (κ2) is 6.72. The van der Waals surface area contributed by atoms with Crippen LogP contribution in [0.5, 0.6) is 0 Å². The fraction of sp³-hybridized carbons (Fsp3) is 0.941. The van der Waals surface area contributed by atoms with Crippen molar-refractivity contribution in [1.29, 1.82) is 0 Å². The van der Waals surface area contributed by atoms with E-state index in [1.165, 1.54) is 0 Å². The van der Waals surface area contributed by atoms with Crippen LogP contribution < -0.4 is 0 Å². The molecule has 0 aliphatic heterocycles. The predicted octanol–water partition coefficient (Wildman–Crippen LogP) is 5.13. The highest BCUT2D eigenvalue weighted by atomic mass is 32.1. The van der Waals surface area contributed by atoms with Gasteiger partial charge in [-0.25, -0.2) is 0 Å². The molecule has 0 amide bonds. The largest absolute Gasteiger partial charge is 0.481 e. The van der Waals surface area contributed by atoms with Gasteiger partial charge in [0.25, 0.3) is 0 Å². The van der Waals surface area contributed by atoms with Gasteiger partial charge in [0.1, 0.15) is 0 Å². The summed E-state index contributed by atoms with van der Waals surface area (Å²) in [4.78, 5) is 11.9. The van der Waals surface area contributed by atoms with Crippen LogP contribution in [0.25, 0.3) is 0 Å². The van der Waals surface area contributed by atoms with Gasteiger partial charge in [-0.05, 0) is 40.8 Å². The van der Waals surface area contributed by atoms with Crippen LogP contribution in [-0.4, -0.2) is 16.8 Å². The van der Waals surface area contributed by atoms with Gasteiger partial charge in [-0.1, -0.05) is 55.4 Å². The zero-order valence-electron chi connectivity index (χ0n) is 14.6. The average Bonchev–Trinajstić information content (AvgIpc) is 2.24. The van der Waals surface area contributed by atoms with Gasteiger partial charge >= 0.3 is 5.97 Å². The van der Waals surface area contributed by atoms with Crippen molar-refractivity contribution in [2.24, 2.45) is 28.1 Å². The number of carboxylic acid groups (broad SMARTS) is 1. The van der Waals surface area contributed by atoms with Crippen LogP contribution in [0.3, 0.4) is 0 Å². The average molecular weight is 303 g/mol. The zero-order valence-corrected chi connectivity index (χ0v) is 15.5. The van der Waals surface area contributed by atoms with E-state index in [0.717, 1.165) is 12.2 Å². The first kappa shape index (κ1) is 19.8. The van der Waals surface area contributed by atoms with Crippen LogP contribution >= 0.6 is 12.6 Å². The molecule has 0 aliphatic rings. The Labute approximate surface area is 131 Å². The van der Waals surface area contributed by atoms with Crippen molar-refractivity contribution in [2.45, 2.75) is 68.2 Å². The van der Waals surface area contributed by atoms with Crippen LogP contribution in [0.15, 0.2) is 0 Å². The molecule has 20 heavy (non-hydrogen) atoms. The highest BCUT2D eigenvalue weighted by Gasteiger charge is 2.47. The van der Waals surface area contributed by atoms with E-state index >= 15 is 0 Å². The molecule has 0 spiro atoms. The van der Waals surface area contributed by atoms with E-state index in [4.69, 9.17) is 0 Å². The maximum absolute atomic E-state index is 11.9. The summed E-state index contributed by atoms with van der Waals surface area (Å²) < 4.78 is 0. The summed E-state index contributed by atoms with van der Waals surface area (Å²) in [5.74, 6) is 0.245. The van der Waals surface area contributed by atoms with Gasteiger partial charge in [0.15, 0.2) is 0 Å². The Hall–Kier alpha value is -0.180. The third kappa shape index (κ3) is 4.41. The molecule has 0 aromatic rings. The van der Waals surface area contributed by atoms with Crippen LogP contribution in [-0.2, 0) is 4.79 Å². The molecular formula is C17H34O2S. The van der Waals surface area contributed by atoms with Crippen molar-refractivity contribution in [3.63, 3.8) is 0 Å². The van der Waals surface area contributed by atoms with Gasteiger partial charge in [-0.15, -0.1) is 0 Å². The van der Waals surface area contributed by atoms with Crippen LogP contribution in [0, 0.1) is 28.1 Å². The Kier molecular flexibility index (Phi) is 6.66. The van der Waals surface area contributed by atoms with E-state index in [2.05, 4.69) is 68.0 Å². The molecule has 0 saturated carbocycles. The van der Waals surface area contributed by atoms with Gasteiger partial charge in [-0.2, -0.15) is 12.6 Å². The minimum absolute atomic E-state index is 0.0252. The molecule has 0 aromatic carbocycles. The standard InChI is InChI=1S/C17H34O2S/c1-12(2)15(3,4)11-13(14(18)19)17(7,8)16(5,6)9-10-20/h12-13,20H,9-11H2,1-8H3,(H,18,19). The number of thiol groups is 1. The Morgan fingerprint density at radius 3 is 1.85 bits per heavy atom. The molecule has 0 rings (SSSR count). The lowest BCUT2D eigenvalue weighted by Crippen LogP contribution is -2.45. The van der Waals surface area contributed by atoms with E-state index < -0.39 is 5.97 Å². The first-order valence-corrected chi connectivity index (χ1v) is 8.26. The number of hydrogen-bond acceptors (Lipinski definition) is 2. The van der Waals surface area contributed by atoms with E-state index in [1.54, 1.807) is 0 Å². The molecule has 0 fully saturated rings. The lowest BCUT2D eigenvalue weighted by Gasteiger charge is -2.48. The number of hydrogen-bond donors (Lipinski definition) is 2. The molecule has 0 aromatic heterocycles. The molecule has 0 saturated heterocycles. The third-order valence-electron chi connectivity index (χ3n) is 5.94. The van der Waals surface area contributed by atoms with Crippen LogP contribution in [0.2, 0.25) is 0 Å². The molecule has 0 heterocycles. The van der Waals surface area contributed by atoms with Gasteiger partial charge in [-0.3, -0.25) is 4.79 Å². The van der Waals surface area contributed by atoms with Crippen molar-refractivity contribution < 1.29 is 9.90 Å². The summed E-state index contributed by atoms with van der Waals surface area (Å²) in [6.07, 6.45) is 1.64. The maximum Gasteiger partial charge on any atom is 0.307 e. The molecule has 1 atom stereocenters. The normalized spacial score (nSPS) is 15.5. The van der Waals surface area contributed by atoms with Crippen LogP contribution in [0.1, 0.15) is 68.2 Å². The van der Waals surface area contributed by atoms with Gasteiger partial charge in [0.05, 0.1) is 5.92 Å². The van der Waals surface area contributed by atoms with Gasteiger partial charge in [0, 0.05) is 0 Å². The van der Waals surface area contributed by atoms with Crippen LogP contribution in [0.4, 0.5) is 0 Å². The molecule has 0 aliphatic carbocycles. The fourth-order valence-electron chi connectivity index (χ4n) is 2.49. The summed E-state index contributed by atoms with van der Waals surface area (Å²) in [5, 5.41) is 9.77. The zero-order chi connectivity index (χ0) is 16.4. The minimum Gasteiger partial charge on any atom is -0.481 e. The van der Waals surface area contributed by atoms with Gasteiger partial charge in [0.2, 0.25) is 0 Å². The predicted molar refractivity (Wildman–Crippen MR) is 90.4 cm³/mol. The van der Waals surface area contributed by atoms with Crippen molar-refractivity contribution in [3.8, 4) is 0 Å². The second-order valence-corrected chi connectivity index (χ2v) is 8.76. The lowest BCUT2D eigenvalue weighted by atomic mass is 9.56. The maximum atomic E-state index is 11.9. The van der Waals surface area contributed by atoms with Crippen molar-refractivity contribution in [2.75, 3.05) is 5.75 Å². The summed E-state index contributed by atoms with van der Waals surface area (Å²) in [6.45, 7) is 17.2. The monoisotopic (exact) mass is 302 g/mol. The highest BCUT2D eigenvalue weighted by molar-refractivity contribution is 7.80. The van der Waals surface area contributed by atoms with Crippen molar-refractivity contribution in [1.82, 2.24) is 0 Å². The molecule has 0 bridgehead atoms. The fourth-order valence-corrected chi connectivity index (χ4v) is 3.05. The summed E-state index contributed by atoms with van der Waals surface area (Å²) >= 11 is 4.34. The topological polar surface area (TPSA) is 37.3 Å². The van der Waals surface area contributed by atoms with E-state index in [1.807, 2.05) is 0 Å². The quantitative estimate of drug-likeness (QED) is 0.610. The molecular weight excluding hydrogens is 268 g/mol. The second-order valence-electron chi connectivity index (χ2n) is 8.32. The Balaban J connectivity index is 5.44. The molecule has 3 heteroatoms. The van der Waals surface area contributed by atoms with Gasteiger partial charge < -0.3 is 5.11 Å². The molecule has 2 nitrogen and oxygen atoms in total. The summed E-state index contributed by atoms with van der Waals surface area (Å²) in [7, 11) is 0. The molecule has 120 valence electrons. The third-order valence-corrected chi connectivity index (χ3v) is 6.17. The molecule has 0 radical (unpaired) electrons. The van der Waals surface area contributed by atoms with E-state index in [0.29, 0.717) is 12.3 Å². The number of rotatable bonds is 8. The molecule has 1 N–H and O–H groups in total. The summed E-state index contributed by atoms with van der Waals surface area (Å²) in [6, 6.07) is 0. The minimum atomic E-state index is -0.670. The SMILES string of the molecule is CC(C)C(C)(C)CC(C(=O)O)C(C)(C)C(C)(C)CCS. The van der Waals surface area contributed by atoms with Crippen molar-refractivity contribution >= 4 is 18.6 Å². The first-order valence-electron chi connectivity index (χ1n) is 7.63. The smallest absolute Gasteiger partial charge is 0.307 e. The Morgan fingerprint density at radius 2 is 1.55 bits per heavy atom. The Morgan fingerprint density at radius 1 is 1.10 bits per heavy atom. The summed E-state index contributed by atoms with van der Waals surface area (Å²) in [5.41, 5.74) is -0.296. The molecule has 1 unspecified atom stereocenters. The highest BCUT2D eigenvalue weighted by Crippen LogP contribution is 2.51.